The summed E-state index contributed by atoms with van der Waals surface area (Å²) in [6, 6.07) is 9.38. The molecule has 1 aromatic rings. The van der Waals surface area contributed by atoms with Gasteiger partial charge in [-0.25, -0.2) is 0 Å². The Hall–Kier alpha value is -1.82. The fourth-order valence-electron chi connectivity index (χ4n) is 1.63. The molecule has 1 unspecified atom stereocenters. The van der Waals surface area contributed by atoms with Gasteiger partial charge in [-0.2, -0.15) is 5.26 Å². The van der Waals surface area contributed by atoms with E-state index in [1.165, 1.54) is 5.56 Å². The van der Waals surface area contributed by atoms with Crippen LogP contribution in [-0.4, -0.2) is 5.91 Å². The molecule has 1 rings (SSSR count). The first-order chi connectivity index (χ1) is 8.38. The molecule has 0 aromatic heterocycles. The predicted molar refractivity (Wildman–Crippen MR) is 71.9 cm³/mol. The second-order valence-corrected chi connectivity index (χ2v) is 5.36. The largest absolute Gasteiger partial charge is 0.337 e. The molecule has 1 amide bonds. The Morgan fingerprint density at radius 2 is 1.89 bits per heavy atom. The van der Waals surface area contributed by atoms with Crippen LogP contribution < -0.4 is 5.32 Å². The molecular weight excluding hydrogens is 224 g/mol. The second-order valence-electron chi connectivity index (χ2n) is 5.36. The van der Waals surface area contributed by atoms with E-state index < -0.39 is 6.04 Å². The summed E-state index contributed by atoms with van der Waals surface area (Å²) in [5.74, 6) is -0.110. The van der Waals surface area contributed by atoms with Gasteiger partial charge >= 0.3 is 0 Å². The maximum absolute atomic E-state index is 11.3. The van der Waals surface area contributed by atoms with Crippen LogP contribution in [0.15, 0.2) is 24.3 Å². The van der Waals surface area contributed by atoms with Crippen LogP contribution in [0.2, 0.25) is 0 Å². The third-order valence-electron chi connectivity index (χ3n) is 2.87. The van der Waals surface area contributed by atoms with E-state index in [0.29, 0.717) is 6.42 Å². The SMILES string of the molecule is CCC(=O)NC(C#N)c1ccc(C(C)(C)C)cc1. The van der Waals surface area contributed by atoms with Gasteiger partial charge in [-0.1, -0.05) is 52.0 Å². The highest BCUT2D eigenvalue weighted by Crippen LogP contribution is 2.23. The molecule has 1 aromatic carbocycles. The molecule has 0 heterocycles. The smallest absolute Gasteiger partial charge is 0.221 e. The standard InChI is InChI=1S/C15H20N2O/c1-5-14(18)17-13(10-16)11-6-8-12(9-7-11)15(2,3)4/h6-9,13H,5H2,1-4H3,(H,17,18). The van der Waals surface area contributed by atoms with Gasteiger partial charge in [0.15, 0.2) is 0 Å². The lowest BCUT2D eigenvalue weighted by Gasteiger charge is -2.20. The van der Waals surface area contributed by atoms with Crippen LogP contribution >= 0.6 is 0 Å². The first-order valence-electron chi connectivity index (χ1n) is 6.18. The molecule has 1 atom stereocenters. The second kappa shape index (κ2) is 5.68. The van der Waals surface area contributed by atoms with E-state index in [4.69, 9.17) is 5.26 Å². The van der Waals surface area contributed by atoms with Gasteiger partial charge in [0.25, 0.3) is 0 Å². The summed E-state index contributed by atoms with van der Waals surface area (Å²) in [7, 11) is 0. The van der Waals surface area contributed by atoms with Crippen molar-refractivity contribution in [3.8, 4) is 6.07 Å². The van der Waals surface area contributed by atoms with Gasteiger partial charge < -0.3 is 5.32 Å². The van der Waals surface area contributed by atoms with Gasteiger partial charge in [0.2, 0.25) is 5.91 Å². The summed E-state index contributed by atoms with van der Waals surface area (Å²) in [6.45, 7) is 8.19. The van der Waals surface area contributed by atoms with Crippen molar-refractivity contribution >= 4 is 5.91 Å². The zero-order chi connectivity index (χ0) is 13.8. The van der Waals surface area contributed by atoms with Crippen LogP contribution in [0.5, 0.6) is 0 Å². The molecule has 0 aliphatic rings. The Labute approximate surface area is 109 Å². The molecule has 0 aliphatic heterocycles. The van der Waals surface area contributed by atoms with Crippen molar-refractivity contribution in [3.63, 3.8) is 0 Å². The molecule has 0 spiro atoms. The van der Waals surface area contributed by atoms with Gasteiger partial charge in [0, 0.05) is 6.42 Å². The van der Waals surface area contributed by atoms with Gasteiger partial charge in [0.05, 0.1) is 6.07 Å². The monoisotopic (exact) mass is 244 g/mol. The lowest BCUT2D eigenvalue weighted by atomic mass is 9.86. The van der Waals surface area contributed by atoms with E-state index >= 15 is 0 Å². The molecule has 96 valence electrons. The van der Waals surface area contributed by atoms with Crippen molar-refractivity contribution < 1.29 is 4.79 Å². The van der Waals surface area contributed by atoms with Gasteiger partial charge in [-0.3, -0.25) is 4.79 Å². The lowest BCUT2D eigenvalue weighted by Crippen LogP contribution is -2.26. The van der Waals surface area contributed by atoms with Gasteiger partial charge in [-0.15, -0.1) is 0 Å². The van der Waals surface area contributed by atoms with Crippen molar-refractivity contribution in [1.82, 2.24) is 5.32 Å². The Bertz CT molecular complexity index is 449. The molecule has 18 heavy (non-hydrogen) atoms. The minimum Gasteiger partial charge on any atom is -0.337 e. The van der Waals surface area contributed by atoms with Crippen molar-refractivity contribution in [1.29, 1.82) is 5.26 Å². The molecule has 3 nitrogen and oxygen atoms in total. The topological polar surface area (TPSA) is 52.9 Å². The average molecular weight is 244 g/mol. The molecule has 0 saturated carbocycles. The van der Waals surface area contributed by atoms with E-state index in [1.807, 2.05) is 24.3 Å². The Balaban J connectivity index is 2.90. The Morgan fingerprint density at radius 1 is 1.33 bits per heavy atom. The number of rotatable bonds is 3. The minimum absolute atomic E-state index is 0.0906. The number of carbonyl (C=O) groups is 1. The van der Waals surface area contributed by atoms with E-state index in [2.05, 4.69) is 32.2 Å². The summed E-state index contributed by atoms with van der Waals surface area (Å²) in [6.07, 6.45) is 0.387. The number of amides is 1. The third-order valence-corrected chi connectivity index (χ3v) is 2.87. The van der Waals surface area contributed by atoms with Crippen molar-refractivity contribution in [3.05, 3.63) is 35.4 Å². The maximum atomic E-state index is 11.3. The first kappa shape index (κ1) is 14.2. The van der Waals surface area contributed by atoms with E-state index in [1.54, 1.807) is 6.92 Å². The van der Waals surface area contributed by atoms with E-state index in [9.17, 15) is 4.79 Å². The normalized spacial score (nSPS) is 12.6. The third kappa shape index (κ3) is 3.59. The number of nitriles is 1. The van der Waals surface area contributed by atoms with Gasteiger partial charge in [-0.05, 0) is 16.5 Å². The van der Waals surface area contributed by atoms with Crippen LogP contribution in [0, 0.1) is 11.3 Å². The van der Waals surface area contributed by atoms with Crippen molar-refractivity contribution in [2.24, 2.45) is 0 Å². The molecule has 0 saturated heterocycles. The molecule has 0 fully saturated rings. The average Bonchev–Trinajstić information content (AvgIpc) is 2.34. The Morgan fingerprint density at radius 3 is 2.28 bits per heavy atom. The lowest BCUT2D eigenvalue weighted by molar-refractivity contribution is -0.121. The number of carbonyl (C=O) groups excluding carboxylic acids is 1. The van der Waals surface area contributed by atoms with Crippen molar-refractivity contribution in [2.75, 3.05) is 0 Å². The molecule has 1 N–H and O–H groups in total. The van der Waals surface area contributed by atoms with Crippen LogP contribution in [0.1, 0.15) is 51.3 Å². The highest BCUT2D eigenvalue weighted by Gasteiger charge is 2.16. The van der Waals surface area contributed by atoms with Crippen molar-refractivity contribution in [2.45, 2.75) is 45.6 Å². The highest BCUT2D eigenvalue weighted by atomic mass is 16.1. The number of benzene rings is 1. The molecular formula is C15H20N2O. The summed E-state index contributed by atoms with van der Waals surface area (Å²) in [4.78, 5) is 11.3. The fourth-order valence-corrected chi connectivity index (χ4v) is 1.63. The molecule has 3 heteroatoms. The summed E-state index contributed by atoms with van der Waals surface area (Å²) >= 11 is 0. The molecule has 0 bridgehead atoms. The van der Waals surface area contributed by atoms with E-state index in [0.717, 1.165) is 5.56 Å². The first-order valence-corrected chi connectivity index (χ1v) is 6.18. The number of nitrogens with one attached hydrogen (secondary N) is 1. The Kier molecular flexibility index (Phi) is 4.49. The van der Waals surface area contributed by atoms with Gasteiger partial charge in [0.1, 0.15) is 6.04 Å². The fraction of sp³-hybridized carbons (Fsp3) is 0.467. The summed E-state index contributed by atoms with van der Waals surface area (Å²) in [5, 5.41) is 11.8. The number of hydrogen-bond acceptors (Lipinski definition) is 2. The highest BCUT2D eigenvalue weighted by molar-refractivity contribution is 5.76. The summed E-state index contributed by atoms with van der Waals surface area (Å²) < 4.78 is 0. The van der Waals surface area contributed by atoms with Crippen LogP contribution in [0.3, 0.4) is 0 Å². The zero-order valence-corrected chi connectivity index (χ0v) is 11.4. The minimum atomic E-state index is -0.563. The van der Waals surface area contributed by atoms with Crippen LogP contribution in [0.4, 0.5) is 0 Å². The maximum Gasteiger partial charge on any atom is 0.221 e. The zero-order valence-electron chi connectivity index (χ0n) is 11.4. The quantitative estimate of drug-likeness (QED) is 0.888. The van der Waals surface area contributed by atoms with E-state index in [-0.39, 0.29) is 11.3 Å². The van der Waals surface area contributed by atoms with Crippen LogP contribution in [-0.2, 0) is 10.2 Å². The molecule has 0 radical (unpaired) electrons. The number of hydrogen-bond donors (Lipinski definition) is 1. The van der Waals surface area contributed by atoms with Crippen LogP contribution in [0.25, 0.3) is 0 Å². The molecule has 0 aliphatic carbocycles. The summed E-state index contributed by atoms with van der Waals surface area (Å²) in [5.41, 5.74) is 2.13. The predicted octanol–water partition coefficient (Wildman–Crippen LogP) is 3.07. The number of nitrogens with zero attached hydrogens (tertiary/aromatic N) is 1.